The summed E-state index contributed by atoms with van der Waals surface area (Å²) >= 11 is 5.76. The largest absolute Gasteiger partial charge is 0.424 e. The fourth-order valence-corrected chi connectivity index (χ4v) is 2.36. The van der Waals surface area contributed by atoms with Crippen LogP contribution in [0.1, 0.15) is 18.1 Å². The zero-order chi connectivity index (χ0) is 17.3. The van der Waals surface area contributed by atoms with Crippen LogP contribution in [0.15, 0.2) is 18.5 Å². The Bertz CT molecular complexity index is 670. The van der Waals surface area contributed by atoms with Crippen LogP contribution in [-0.4, -0.2) is 37.3 Å². The van der Waals surface area contributed by atoms with Crippen molar-refractivity contribution in [3.05, 3.63) is 35.3 Å². The molecular weight excluding hydrogens is 335 g/mol. The molecule has 2 aromatic heterocycles. The lowest BCUT2D eigenvalue weighted by Gasteiger charge is -2.30. The Balaban J connectivity index is 2.15. The van der Waals surface area contributed by atoms with Gasteiger partial charge in [-0.1, -0.05) is 11.6 Å². The quantitative estimate of drug-likeness (QED) is 0.811. The summed E-state index contributed by atoms with van der Waals surface area (Å²) < 4.78 is 41.1. The predicted molar refractivity (Wildman–Crippen MR) is 78.0 cm³/mol. The lowest BCUT2D eigenvalue weighted by atomic mass is 9.97. The van der Waals surface area contributed by atoms with Gasteiger partial charge in [-0.25, -0.2) is 15.0 Å². The first-order chi connectivity index (χ1) is 10.6. The first kappa shape index (κ1) is 17.5. The summed E-state index contributed by atoms with van der Waals surface area (Å²) in [6, 6.07) is 1.39. The van der Waals surface area contributed by atoms with Gasteiger partial charge in [-0.05, 0) is 6.92 Å². The van der Waals surface area contributed by atoms with Crippen molar-refractivity contribution in [2.24, 2.45) is 7.05 Å². The normalized spacial score (nSPS) is 14.6. The highest BCUT2D eigenvalue weighted by Crippen LogP contribution is 2.40. The maximum Gasteiger partial charge on any atom is 0.424 e. The Morgan fingerprint density at radius 3 is 2.57 bits per heavy atom. The van der Waals surface area contributed by atoms with Crippen LogP contribution < -0.4 is 5.32 Å². The molecule has 0 saturated carbocycles. The van der Waals surface area contributed by atoms with Crippen molar-refractivity contribution in [1.29, 1.82) is 0 Å². The molecule has 2 rings (SSSR count). The Hall–Kier alpha value is -1.87. The molecular formula is C13H15ClF3N5O. The number of imidazole rings is 1. The van der Waals surface area contributed by atoms with Gasteiger partial charge in [0.15, 0.2) is 0 Å². The monoisotopic (exact) mass is 349 g/mol. The summed E-state index contributed by atoms with van der Waals surface area (Å²) in [6.07, 6.45) is -2.96. The van der Waals surface area contributed by atoms with E-state index in [0.29, 0.717) is 5.82 Å². The van der Waals surface area contributed by atoms with Gasteiger partial charge in [0.2, 0.25) is 5.60 Å². The molecule has 10 heteroatoms. The third kappa shape index (κ3) is 3.73. The highest BCUT2D eigenvalue weighted by molar-refractivity contribution is 6.29. The Morgan fingerprint density at radius 1 is 1.35 bits per heavy atom. The van der Waals surface area contributed by atoms with E-state index in [4.69, 9.17) is 11.6 Å². The molecule has 0 bridgehead atoms. The number of hydrogen-bond donors (Lipinski definition) is 2. The van der Waals surface area contributed by atoms with E-state index in [1.807, 2.05) is 0 Å². The van der Waals surface area contributed by atoms with Crippen molar-refractivity contribution >= 4 is 17.4 Å². The van der Waals surface area contributed by atoms with Crippen molar-refractivity contribution in [1.82, 2.24) is 19.5 Å². The highest BCUT2D eigenvalue weighted by Gasteiger charge is 2.57. The van der Waals surface area contributed by atoms with Gasteiger partial charge < -0.3 is 15.0 Å². The number of aromatic nitrogens is 4. The fraction of sp³-hybridized carbons (Fsp3) is 0.462. The van der Waals surface area contributed by atoms with E-state index in [2.05, 4.69) is 20.3 Å². The topological polar surface area (TPSA) is 75.9 Å². The minimum atomic E-state index is -4.87. The van der Waals surface area contributed by atoms with E-state index < -0.39 is 24.0 Å². The summed E-state index contributed by atoms with van der Waals surface area (Å²) in [7, 11) is 1.39. The molecule has 2 aromatic rings. The first-order valence-electron chi connectivity index (χ1n) is 6.65. The maximum atomic E-state index is 13.3. The predicted octanol–water partition coefficient (Wildman–Crippen LogP) is 2.42. The van der Waals surface area contributed by atoms with E-state index in [-0.39, 0.29) is 17.5 Å². The van der Waals surface area contributed by atoms with Crippen LogP contribution in [0, 0.1) is 6.92 Å². The molecule has 0 fully saturated rings. The number of halogens is 4. The number of aryl methyl sites for hydroxylation is 2. The molecule has 1 atom stereocenters. The highest BCUT2D eigenvalue weighted by atomic mass is 35.5. The Labute approximate surface area is 135 Å². The molecule has 0 amide bonds. The van der Waals surface area contributed by atoms with Crippen LogP contribution in [0.3, 0.4) is 0 Å². The van der Waals surface area contributed by atoms with Crippen molar-refractivity contribution in [2.75, 3.05) is 11.9 Å². The molecule has 0 aromatic carbocycles. The van der Waals surface area contributed by atoms with Gasteiger partial charge in [0.05, 0.1) is 0 Å². The number of nitrogens with one attached hydrogen (secondary N) is 1. The second-order valence-corrected chi connectivity index (χ2v) is 5.41. The number of hydrogen-bond acceptors (Lipinski definition) is 5. The molecule has 6 nitrogen and oxygen atoms in total. The second-order valence-electron chi connectivity index (χ2n) is 5.02. The summed E-state index contributed by atoms with van der Waals surface area (Å²) in [5.74, 6) is 0.200. The number of rotatable bonds is 5. The third-order valence-corrected chi connectivity index (χ3v) is 3.45. The fourth-order valence-electron chi connectivity index (χ4n) is 2.14. The van der Waals surface area contributed by atoms with E-state index in [1.54, 1.807) is 6.92 Å². The molecule has 0 aliphatic rings. The van der Waals surface area contributed by atoms with Crippen molar-refractivity contribution in [3.8, 4) is 0 Å². The van der Waals surface area contributed by atoms with Gasteiger partial charge in [-0.15, -0.1) is 0 Å². The maximum absolute atomic E-state index is 13.3. The molecule has 2 N–H and O–H groups in total. The van der Waals surface area contributed by atoms with Crippen molar-refractivity contribution in [2.45, 2.75) is 25.1 Å². The number of aliphatic hydroxyl groups is 1. The summed E-state index contributed by atoms with van der Waals surface area (Å²) in [4.78, 5) is 11.5. The lowest BCUT2D eigenvalue weighted by Crippen LogP contribution is -2.45. The van der Waals surface area contributed by atoms with Crippen LogP contribution in [0.25, 0.3) is 0 Å². The van der Waals surface area contributed by atoms with Crippen molar-refractivity contribution < 1.29 is 18.3 Å². The average molecular weight is 350 g/mol. The first-order valence-corrected chi connectivity index (χ1v) is 7.03. The van der Waals surface area contributed by atoms with Gasteiger partial charge in [0.25, 0.3) is 0 Å². The SMILES string of the molecule is Cc1nc(Cl)cc(NCCC(O)(c2nccn2C)C(F)(F)F)n1. The molecule has 126 valence electrons. The van der Waals surface area contributed by atoms with Gasteiger partial charge >= 0.3 is 6.18 Å². The van der Waals surface area contributed by atoms with Crippen LogP contribution in [0.5, 0.6) is 0 Å². The van der Waals surface area contributed by atoms with Gasteiger partial charge in [0, 0.05) is 38.5 Å². The van der Waals surface area contributed by atoms with Crippen LogP contribution >= 0.6 is 11.6 Å². The van der Waals surface area contributed by atoms with E-state index >= 15 is 0 Å². The molecule has 2 heterocycles. The molecule has 0 aliphatic heterocycles. The second kappa shape index (κ2) is 6.32. The molecule has 1 unspecified atom stereocenters. The Kier molecular flexibility index (Phi) is 4.81. The number of nitrogens with zero attached hydrogens (tertiary/aromatic N) is 4. The molecule has 23 heavy (non-hydrogen) atoms. The van der Waals surface area contributed by atoms with Gasteiger partial charge in [-0.2, -0.15) is 13.2 Å². The van der Waals surface area contributed by atoms with Crippen LogP contribution in [0.2, 0.25) is 5.15 Å². The van der Waals surface area contributed by atoms with E-state index in [1.165, 1.54) is 25.5 Å². The molecule has 0 aliphatic carbocycles. The van der Waals surface area contributed by atoms with Crippen LogP contribution in [-0.2, 0) is 12.6 Å². The smallest absolute Gasteiger partial charge is 0.374 e. The third-order valence-electron chi connectivity index (χ3n) is 3.26. The minimum absolute atomic E-state index is 0.176. The Morgan fingerprint density at radius 2 is 2.04 bits per heavy atom. The summed E-state index contributed by atoms with van der Waals surface area (Å²) in [6.45, 7) is 1.42. The van der Waals surface area contributed by atoms with E-state index in [9.17, 15) is 18.3 Å². The molecule has 0 spiro atoms. The molecule has 0 saturated heterocycles. The zero-order valence-electron chi connectivity index (χ0n) is 12.4. The van der Waals surface area contributed by atoms with E-state index in [0.717, 1.165) is 4.57 Å². The lowest BCUT2D eigenvalue weighted by molar-refractivity contribution is -0.271. The summed E-state index contributed by atoms with van der Waals surface area (Å²) in [5.41, 5.74) is -3.07. The zero-order valence-corrected chi connectivity index (χ0v) is 13.2. The number of alkyl halides is 3. The average Bonchev–Trinajstić information content (AvgIpc) is 2.82. The standard InChI is InChI=1S/C13H15ClF3N5O/c1-8-20-9(14)7-10(21-8)18-4-3-12(23,13(15,16)17)11-19-5-6-22(11)2/h5-7,23H,3-4H2,1-2H3,(H,18,20,21). The van der Waals surface area contributed by atoms with Crippen molar-refractivity contribution in [3.63, 3.8) is 0 Å². The molecule has 0 radical (unpaired) electrons. The summed E-state index contributed by atoms with van der Waals surface area (Å²) in [5, 5.41) is 13.0. The number of anilines is 1. The van der Waals surface area contributed by atoms with Crippen LogP contribution in [0.4, 0.5) is 19.0 Å². The minimum Gasteiger partial charge on any atom is -0.374 e. The van der Waals surface area contributed by atoms with Gasteiger partial charge in [0.1, 0.15) is 22.6 Å². The van der Waals surface area contributed by atoms with Gasteiger partial charge in [-0.3, -0.25) is 0 Å².